The van der Waals surface area contributed by atoms with Crippen LogP contribution in [0.4, 0.5) is 0 Å². The van der Waals surface area contributed by atoms with Crippen LogP contribution in [0.5, 0.6) is 17.2 Å². The highest BCUT2D eigenvalue weighted by Gasteiger charge is 2.18. The van der Waals surface area contributed by atoms with E-state index in [9.17, 15) is 18.1 Å². The molecule has 2 aromatic carbocycles. The summed E-state index contributed by atoms with van der Waals surface area (Å²) in [6, 6.07) is 10.9. The first-order valence-electron chi connectivity index (χ1n) is 9.97. The van der Waals surface area contributed by atoms with E-state index in [0.717, 1.165) is 25.0 Å². The lowest BCUT2D eigenvalue weighted by molar-refractivity contribution is 0.437. The van der Waals surface area contributed by atoms with Gasteiger partial charge >= 0.3 is 0 Å². The molecule has 0 saturated carbocycles. The molecule has 0 fully saturated rings. The van der Waals surface area contributed by atoms with Gasteiger partial charge in [0.25, 0.3) is 10.1 Å². The number of rotatable bonds is 12. The van der Waals surface area contributed by atoms with Crippen LogP contribution in [0.15, 0.2) is 47.4 Å². The molecule has 2 rings (SSSR count). The molecule has 0 aliphatic carbocycles. The van der Waals surface area contributed by atoms with Crippen LogP contribution in [-0.4, -0.2) is 18.1 Å². The van der Waals surface area contributed by atoms with Gasteiger partial charge < -0.3 is 9.84 Å². The van der Waals surface area contributed by atoms with E-state index in [1.807, 2.05) is 12.1 Å². The number of aromatic hydroxyl groups is 1. The SMILES string of the molecule is CCCCCCCCCCc1ccc(Oc2cc(O)ccc2S(=O)(=O)O)cc1. The van der Waals surface area contributed by atoms with Crippen molar-refractivity contribution in [3.05, 3.63) is 48.0 Å². The molecule has 28 heavy (non-hydrogen) atoms. The summed E-state index contributed by atoms with van der Waals surface area (Å²) < 4.78 is 37.8. The maximum absolute atomic E-state index is 11.4. The van der Waals surface area contributed by atoms with Gasteiger partial charge in [-0.15, -0.1) is 0 Å². The molecule has 154 valence electrons. The van der Waals surface area contributed by atoms with E-state index >= 15 is 0 Å². The quantitative estimate of drug-likeness (QED) is 0.328. The Hall–Kier alpha value is -2.05. The molecule has 0 aromatic heterocycles. The minimum Gasteiger partial charge on any atom is -0.508 e. The molecule has 0 aliphatic heterocycles. The molecule has 0 atom stereocenters. The highest BCUT2D eigenvalue weighted by atomic mass is 32.2. The van der Waals surface area contributed by atoms with Crippen molar-refractivity contribution in [2.45, 2.75) is 69.6 Å². The number of hydrogen-bond acceptors (Lipinski definition) is 4. The predicted molar refractivity (Wildman–Crippen MR) is 111 cm³/mol. The summed E-state index contributed by atoms with van der Waals surface area (Å²) in [4.78, 5) is -0.381. The summed E-state index contributed by atoms with van der Waals surface area (Å²) in [5.41, 5.74) is 1.20. The van der Waals surface area contributed by atoms with E-state index in [-0.39, 0.29) is 16.4 Å². The third-order valence-corrected chi connectivity index (χ3v) is 5.57. The molecule has 0 bridgehead atoms. The number of phenolic OH excluding ortho intramolecular Hbond substituents is 1. The van der Waals surface area contributed by atoms with E-state index in [0.29, 0.717) is 5.75 Å². The van der Waals surface area contributed by atoms with Gasteiger partial charge in [-0.2, -0.15) is 8.42 Å². The summed E-state index contributed by atoms with van der Waals surface area (Å²) in [6.45, 7) is 2.23. The standard InChI is InChI=1S/C22H30O5S/c1-2-3-4-5-6-7-8-9-10-18-11-14-20(15-12-18)27-21-17-19(23)13-16-22(21)28(24,25)26/h11-17,23H,2-10H2,1H3,(H,24,25,26). The normalized spacial score (nSPS) is 11.5. The van der Waals surface area contributed by atoms with Crippen LogP contribution in [0, 0.1) is 0 Å². The highest BCUT2D eigenvalue weighted by Crippen LogP contribution is 2.32. The van der Waals surface area contributed by atoms with Gasteiger partial charge in [-0.05, 0) is 42.7 Å². The van der Waals surface area contributed by atoms with E-state index in [4.69, 9.17) is 4.74 Å². The zero-order valence-corrected chi connectivity index (χ0v) is 17.2. The fourth-order valence-corrected chi connectivity index (χ4v) is 3.70. The fourth-order valence-electron chi connectivity index (χ4n) is 3.10. The van der Waals surface area contributed by atoms with Crippen molar-refractivity contribution in [3.63, 3.8) is 0 Å². The molecule has 0 saturated heterocycles. The van der Waals surface area contributed by atoms with Crippen molar-refractivity contribution in [1.82, 2.24) is 0 Å². The van der Waals surface area contributed by atoms with Crippen LogP contribution >= 0.6 is 0 Å². The van der Waals surface area contributed by atoms with Crippen molar-refractivity contribution in [2.24, 2.45) is 0 Å². The summed E-state index contributed by atoms with van der Waals surface area (Å²) >= 11 is 0. The van der Waals surface area contributed by atoms with E-state index in [1.165, 1.54) is 56.6 Å². The van der Waals surface area contributed by atoms with Crippen LogP contribution in [-0.2, 0) is 16.5 Å². The Kier molecular flexibility index (Phi) is 8.80. The van der Waals surface area contributed by atoms with Gasteiger partial charge in [0.05, 0.1) is 0 Å². The van der Waals surface area contributed by atoms with Crippen molar-refractivity contribution >= 4 is 10.1 Å². The molecule has 0 heterocycles. The van der Waals surface area contributed by atoms with Crippen molar-refractivity contribution in [2.75, 3.05) is 0 Å². The average molecular weight is 407 g/mol. The Morgan fingerprint density at radius 3 is 2.07 bits per heavy atom. The number of aryl methyl sites for hydroxylation is 1. The molecule has 2 aromatic rings. The molecule has 0 radical (unpaired) electrons. The first-order chi connectivity index (χ1) is 13.4. The average Bonchev–Trinajstić information content (AvgIpc) is 2.64. The maximum atomic E-state index is 11.4. The van der Waals surface area contributed by atoms with Crippen molar-refractivity contribution in [1.29, 1.82) is 0 Å². The third-order valence-electron chi connectivity index (χ3n) is 4.68. The Balaban J connectivity index is 1.84. The first-order valence-corrected chi connectivity index (χ1v) is 11.4. The van der Waals surface area contributed by atoms with E-state index < -0.39 is 10.1 Å². The van der Waals surface area contributed by atoms with Crippen molar-refractivity contribution < 1.29 is 22.8 Å². The summed E-state index contributed by atoms with van der Waals surface area (Å²) in [6.07, 6.45) is 11.3. The van der Waals surface area contributed by atoms with Gasteiger partial charge in [0, 0.05) is 6.07 Å². The predicted octanol–water partition coefficient (Wildman–Crippen LogP) is 6.11. The molecule has 0 unspecified atom stereocenters. The van der Waals surface area contributed by atoms with Gasteiger partial charge in [-0.3, -0.25) is 4.55 Å². The van der Waals surface area contributed by atoms with Crippen molar-refractivity contribution in [3.8, 4) is 17.2 Å². The van der Waals surface area contributed by atoms with E-state index in [2.05, 4.69) is 6.92 Å². The first kappa shape index (κ1) is 22.2. The minimum absolute atomic E-state index is 0.113. The number of hydrogen-bond donors (Lipinski definition) is 2. The fraction of sp³-hybridized carbons (Fsp3) is 0.455. The number of phenols is 1. The Labute approximate surface area is 168 Å². The monoisotopic (exact) mass is 406 g/mol. The summed E-state index contributed by atoms with van der Waals surface area (Å²) in [5.74, 6) is 0.183. The molecular weight excluding hydrogens is 376 g/mol. The zero-order valence-electron chi connectivity index (χ0n) is 16.4. The van der Waals surface area contributed by atoms with Crippen LogP contribution in [0.1, 0.15) is 63.9 Å². The number of ether oxygens (including phenoxy) is 1. The minimum atomic E-state index is -4.44. The molecule has 0 spiro atoms. The van der Waals surface area contributed by atoms with Crippen LogP contribution in [0.2, 0.25) is 0 Å². The lowest BCUT2D eigenvalue weighted by atomic mass is 10.0. The maximum Gasteiger partial charge on any atom is 0.298 e. The Morgan fingerprint density at radius 2 is 1.46 bits per heavy atom. The van der Waals surface area contributed by atoms with Gasteiger partial charge in [0.1, 0.15) is 16.4 Å². The van der Waals surface area contributed by atoms with Gasteiger partial charge in [0.15, 0.2) is 5.75 Å². The molecule has 2 N–H and O–H groups in total. The van der Waals surface area contributed by atoms with Gasteiger partial charge in [-0.25, -0.2) is 0 Å². The third kappa shape index (κ3) is 7.52. The van der Waals surface area contributed by atoms with Crippen LogP contribution in [0.3, 0.4) is 0 Å². The lowest BCUT2D eigenvalue weighted by Gasteiger charge is -2.10. The highest BCUT2D eigenvalue weighted by molar-refractivity contribution is 7.86. The van der Waals surface area contributed by atoms with Crippen LogP contribution in [0.25, 0.3) is 0 Å². The summed E-state index contributed by atoms with van der Waals surface area (Å²) in [5, 5.41) is 9.57. The molecule has 0 amide bonds. The second kappa shape index (κ2) is 11.1. The Bertz CT molecular complexity index is 829. The second-order valence-electron chi connectivity index (χ2n) is 7.08. The molecule has 0 aliphatic rings. The Morgan fingerprint density at radius 1 is 0.857 bits per heavy atom. The number of unbranched alkanes of at least 4 members (excludes halogenated alkanes) is 7. The molecular formula is C22H30O5S. The summed E-state index contributed by atoms with van der Waals surface area (Å²) in [7, 11) is -4.44. The molecule has 5 nitrogen and oxygen atoms in total. The van der Waals surface area contributed by atoms with Crippen LogP contribution < -0.4 is 4.74 Å². The lowest BCUT2D eigenvalue weighted by Crippen LogP contribution is -2.01. The molecule has 6 heteroatoms. The van der Waals surface area contributed by atoms with E-state index in [1.54, 1.807) is 12.1 Å². The topological polar surface area (TPSA) is 83.8 Å². The second-order valence-corrected chi connectivity index (χ2v) is 8.47. The largest absolute Gasteiger partial charge is 0.508 e. The zero-order chi connectivity index (χ0) is 20.4. The smallest absolute Gasteiger partial charge is 0.298 e. The van der Waals surface area contributed by atoms with Gasteiger partial charge in [-0.1, -0.05) is 64.0 Å². The number of benzene rings is 2. The van der Waals surface area contributed by atoms with Gasteiger partial charge in [0.2, 0.25) is 0 Å².